The van der Waals surface area contributed by atoms with Gasteiger partial charge in [-0.3, -0.25) is 20.2 Å². The van der Waals surface area contributed by atoms with Crippen molar-refractivity contribution in [3.63, 3.8) is 0 Å². The summed E-state index contributed by atoms with van der Waals surface area (Å²) in [5, 5.41) is 6.49. The van der Waals surface area contributed by atoms with E-state index >= 15 is 0 Å². The smallest absolute Gasteiger partial charge is 0.245 e. The molecule has 0 aliphatic carbocycles. The first-order valence-electron chi connectivity index (χ1n) is 23.8. The van der Waals surface area contributed by atoms with Gasteiger partial charge in [-0.1, -0.05) is 78.9 Å². The predicted molar refractivity (Wildman–Crippen MR) is 256 cm³/mol. The Morgan fingerprint density at radius 3 is 1.49 bits per heavy atom. The molecule has 4 atom stereocenters. The van der Waals surface area contributed by atoms with E-state index in [4.69, 9.17) is 28.9 Å². The molecule has 0 unspecified atom stereocenters. The van der Waals surface area contributed by atoms with Gasteiger partial charge in [0, 0.05) is 50.6 Å². The standard InChI is InChI=1S/C52H54N10O6/c63-49(45(57-51-65-31-66-51)34-9-3-1-4-10-34)61-23-7-13-43(61)47-53-39-21-17-36(29-41(39)55-47)33-15-18-37(19-16-33)59-25-27-60(28-26-59)38-20-22-40-42(30-38)56-48(54-40)44-14-8-24-62(44)50(64)46(58-52-67-32-68-52)35-11-5-2-6-12-35/h1-6,9-12,15-22,29-30,43-46,51-52,57-58H,7-8,13-14,23-28,31-32H2,(H,53,55)(H,54,56)/t43-,44-,45+,46+/m0/s1. The quantitative estimate of drug-likeness (QED) is 0.0938. The molecule has 7 aromatic rings. The van der Waals surface area contributed by atoms with Gasteiger partial charge >= 0.3 is 0 Å². The van der Waals surface area contributed by atoms with Crippen LogP contribution in [0.25, 0.3) is 33.2 Å². The Labute approximate surface area is 393 Å². The van der Waals surface area contributed by atoms with E-state index in [1.165, 1.54) is 5.69 Å². The Morgan fingerprint density at radius 2 is 0.985 bits per heavy atom. The Kier molecular flexibility index (Phi) is 11.6. The van der Waals surface area contributed by atoms with E-state index in [0.717, 1.165) is 114 Å². The first-order valence-corrected chi connectivity index (χ1v) is 23.8. The highest BCUT2D eigenvalue weighted by atomic mass is 16.9. The molecule has 4 N–H and O–H groups in total. The average molecular weight is 915 g/mol. The van der Waals surface area contributed by atoms with Crippen LogP contribution in [0.4, 0.5) is 11.4 Å². The number of piperazine rings is 1. The van der Waals surface area contributed by atoms with Gasteiger partial charge in [-0.15, -0.1) is 0 Å². The lowest BCUT2D eigenvalue weighted by Crippen LogP contribution is -2.50. The molecule has 16 nitrogen and oxygen atoms in total. The maximum atomic E-state index is 14.2. The predicted octanol–water partition coefficient (Wildman–Crippen LogP) is 7.00. The maximum Gasteiger partial charge on any atom is 0.245 e. The molecular formula is C52H54N10O6. The topological polar surface area (TPSA) is 165 Å². The molecule has 68 heavy (non-hydrogen) atoms. The van der Waals surface area contributed by atoms with Gasteiger partial charge in [-0.2, -0.15) is 0 Å². The summed E-state index contributed by atoms with van der Waals surface area (Å²) in [6.07, 6.45) is 2.26. The van der Waals surface area contributed by atoms with E-state index in [1.807, 2.05) is 70.5 Å². The molecule has 0 bridgehead atoms. The zero-order valence-corrected chi connectivity index (χ0v) is 37.6. The fourth-order valence-electron chi connectivity index (χ4n) is 10.4. The van der Waals surface area contributed by atoms with Crippen molar-refractivity contribution in [1.82, 2.24) is 40.4 Å². The largest absolute Gasteiger partial charge is 0.368 e. The lowest BCUT2D eigenvalue weighted by Gasteiger charge is -2.37. The molecule has 5 aromatic carbocycles. The SMILES string of the molecule is O=C([C@H](NC1OCO1)c1ccccc1)N1CCC[C@H]1c1nc2ccc(-c3ccc(N4CCN(c5ccc6nc([C@@H]7CCCN7C(=O)[C@H](NC7OCO7)c7ccccc7)[nH]c6c5)CC4)cc3)cc2[nH]1. The molecule has 7 heterocycles. The van der Waals surface area contributed by atoms with Gasteiger partial charge in [-0.05, 0) is 90.4 Å². The molecule has 5 saturated heterocycles. The average Bonchev–Trinajstić information content (AvgIpc) is 4.20. The van der Waals surface area contributed by atoms with Gasteiger partial charge in [0.1, 0.15) is 23.7 Å². The number of nitrogens with one attached hydrogen (secondary N) is 4. The summed E-state index contributed by atoms with van der Waals surface area (Å²) in [5.74, 6) is 1.58. The van der Waals surface area contributed by atoms with Crippen LogP contribution in [0, 0.1) is 0 Å². The lowest BCUT2D eigenvalue weighted by molar-refractivity contribution is -0.335. The second-order valence-corrected chi connectivity index (χ2v) is 18.2. The number of ether oxygens (including phenoxy) is 4. The maximum absolute atomic E-state index is 14.2. The van der Waals surface area contributed by atoms with Gasteiger partial charge in [-0.25, -0.2) is 9.97 Å². The van der Waals surface area contributed by atoms with Crippen LogP contribution in [-0.2, 0) is 28.5 Å². The number of hydrogen-bond acceptors (Lipinski definition) is 12. The molecule has 0 spiro atoms. The van der Waals surface area contributed by atoms with Crippen molar-refractivity contribution >= 4 is 45.3 Å². The molecule has 0 radical (unpaired) electrons. The summed E-state index contributed by atoms with van der Waals surface area (Å²) in [7, 11) is 0. The summed E-state index contributed by atoms with van der Waals surface area (Å²) in [4.78, 5) is 54.3. The highest BCUT2D eigenvalue weighted by Gasteiger charge is 2.40. The molecule has 16 heteroatoms. The lowest BCUT2D eigenvalue weighted by atomic mass is 10.0. The molecule has 5 aliphatic rings. The number of imidazole rings is 2. The van der Waals surface area contributed by atoms with Gasteiger partial charge in [0.15, 0.2) is 13.6 Å². The summed E-state index contributed by atoms with van der Waals surface area (Å²) in [6, 6.07) is 39.6. The van der Waals surface area contributed by atoms with Crippen molar-refractivity contribution in [1.29, 1.82) is 0 Å². The fraction of sp³-hybridized carbons (Fsp3) is 0.346. The van der Waals surface area contributed by atoms with Gasteiger partial charge < -0.3 is 48.5 Å². The van der Waals surface area contributed by atoms with Gasteiger partial charge in [0.05, 0.1) is 34.2 Å². The number of aromatic nitrogens is 4. The van der Waals surface area contributed by atoms with Crippen LogP contribution < -0.4 is 20.4 Å². The van der Waals surface area contributed by atoms with Gasteiger partial charge in [0.2, 0.25) is 24.6 Å². The summed E-state index contributed by atoms with van der Waals surface area (Å²) < 4.78 is 21.8. The van der Waals surface area contributed by atoms with Crippen molar-refractivity contribution in [2.75, 3.05) is 62.7 Å². The molecule has 0 saturated carbocycles. The van der Waals surface area contributed by atoms with E-state index in [-0.39, 0.29) is 37.5 Å². The monoisotopic (exact) mass is 914 g/mol. The molecule has 2 amide bonds. The van der Waals surface area contributed by atoms with E-state index in [9.17, 15) is 9.59 Å². The zero-order chi connectivity index (χ0) is 45.6. The Bertz CT molecular complexity index is 2900. The van der Waals surface area contributed by atoms with Crippen LogP contribution in [0.1, 0.15) is 72.6 Å². The number of hydrogen-bond donors (Lipinski definition) is 4. The number of anilines is 2. The number of H-pyrrole nitrogens is 2. The van der Waals surface area contributed by atoms with Crippen LogP contribution in [0.3, 0.4) is 0 Å². The number of likely N-dealkylation sites (tertiary alicyclic amines) is 2. The number of fused-ring (bicyclic) bond motifs is 2. The zero-order valence-electron chi connectivity index (χ0n) is 37.6. The van der Waals surface area contributed by atoms with E-state index in [2.05, 4.69) is 91.1 Å². The Balaban J connectivity index is 0.685. The third kappa shape index (κ3) is 8.37. The van der Waals surface area contributed by atoms with Crippen molar-refractivity contribution in [2.45, 2.75) is 62.7 Å². The van der Waals surface area contributed by atoms with Gasteiger partial charge in [0.25, 0.3) is 0 Å². The minimum Gasteiger partial charge on any atom is -0.368 e. The molecule has 5 fully saturated rings. The van der Waals surface area contributed by atoms with Crippen LogP contribution in [0.15, 0.2) is 121 Å². The number of benzene rings is 5. The van der Waals surface area contributed by atoms with Crippen molar-refractivity contribution in [3.8, 4) is 11.1 Å². The first-order chi connectivity index (χ1) is 33.5. The fourth-order valence-corrected chi connectivity index (χ4v) is 10.4. The molecule has 12 rings (SSSR count). The second kappa shape index (κ2) is 18.4. The number of rotatable bonds is 13. The summed E-state index contributed by atoms with van der Waals surface area (Å²) in [6.45, 7) is 5.31. The van der Waals surface area contributed by atoms with E-state index < -0.39 is 24.9 Å². The number of aromatic amines is 2. The van der Waals surface area contributed by atoms with Crippen LogP contribution in [0.5, 0.6) is 0 Å². The number of amides is 2. The third-order valence-electron chi connectivity index (χ3n) is 14.1. The third-order valence-corrected chi connectivity index (χ3v) is 14.1. The number of carbonyl (C=O) groups is 2. The molecule has 2 aromatic heterocycles. The van der Waals surface area contributed by atoms with Crippen molar-refractivity contribution in [2.24, 2.45) is 0 Å². The Morgan fingerprint density at radius 1 is 0.529 bits per heavy atom. The first kappa shape index (κ1) is 42.7. The van der Waals surface area contributed by atoms with Crippen molar-refractivity contribution < 1.29 is 28.5 Å². The highest BCUT2D eigenvalue weighted by Crippen LogP contribution is 2.37. The molecule has 5 aliphatic heterocycles. The molecule has 348 valence electrons. The van der Waals surface area contributed by atoms with Crippen LogP contribution in [0.2, 0.25) is 0 Å². The summed E-state index contributed by atoms with van der Waals surface area (Å²) in [5.41, 5.74) is 10.0. The number of nitrogens with zero attached hydrogens (tertiary/aromatic N) is 6. The Hall–Kier alpha value is -6.66. The van der Waals surface area contributed by atoms with Crippen LogP contribution in [-0.4, -0.2) is 107 Å². The van der Waals surface area contributed by atoms with Crippen molar-refractivity contribution in [3.05, 3.63) is 144 Å². The minimum atomic E-state index is -0.608. The van der Waals surface area contributed by atoms with Crippen LogP contribution >= 0.6 is 0 Å². The van der Waals surface area contributed by atoms with E-state index in [0.29, 0.717) is 13.1 Å². The normalized spacial score (nSPS) is 21.1. The minimum absolute atomic E-state index is 0.0164. The second-order valence-electron chi connectivity index (χ2n) is 18.2. The van der Waals surface area contributed by atoms with E-state index in [1.54, 1.807) is 0 Å². The molecular weight excluding hydrogens is 861 g/mol. The highest BCUT2D eigenvalue weighted by molar-refractivity contribution is 5.86. The summed E-state index contributed by atoms with van der Waals surface area (Å²) >= 11 is 0. The number of carbonyl (C=O) groups excluding carboxylic acids is 2.